The molecule has 38 heavy (non-hydrogen) atoms. The van der Waals surface area contributed by atoms with Crippen molar-refractivity contribution in [3.05, 3.63) is 88.2 Å². The third kappa shape index (κ3) is 4.31. The van der Waals surface area contributed by atoms with E-state index in [-0.39, 0.29) is 11.5 Å². The summed E-state index contributed by atoms with van der Waals surface area (Å²) < 4.78 is 60.1. The van der Waals surface area contributed by atoms with Crippen LogP contribution in [0.15, 0.2) is 54.6 Å². The number of ketones is 1. The molecule has 2 fully saturated rings. The molecule has 0 unspecified atom stereocenters. The molecule has 3 aromatic carbocycles. The topological polar surface area (TPSA) is 46.5 Å². The fourth-order valence-corrected chi connectivity index (χ4v) is 6.39. The minimum atomic E-state index is -4.51. The Kier molecular flexibility index (Phi) is 6.10. The summed E-state index contributed by atoms with van der Waals surface area (Å²) in [5.41, 5.74) is 1.56. The monoisotopic (exact) mass is 524 g/mol. The number of aliphatic hydroxyl groups is 1. The lowest BCUT2D eigenvalue weighted by molar-refractivity contribution is -0.137. The normalized spacial score (nSPS) is 20.6. The number of carbonyl (C=O) groups is 1. The number of fused-ring (bicyclic) bond motifs is 1. The Morgan fingerprint density at radius 3 is 2.18 bits per heavy atom. The first-order valence-corrected chi connectivity index (χ1v) is 13.2. The molecule has 2 aliphatic carbocycles. The van der Waals surface area contributed by atoms with Crippen molar-refractivity contribution in [2.75, 3.05) is 0 Å². The molecule has 0 amide bonds. The first-order chi connectivity index (χ1) is 18.2. The Hall–Kier alpha value is -3.19. The molecule has 3 nitrogen and oxygen atoms in total. The number of benzene rings is 3. The van der Waals surface area contributed by atoms with E-state index in [1.54, 1.807) is 12.1 Å². The lowest BCUT2D eigenvalue weighted by atomic mass is 9.71. The standard InChI is InChI=1S/C31H28F4O3/c32-22-12-8-19(9-13-22)26-27(29(37)20-6-10-21(11-7-20)31(33,34)35)23(18-4-1-2-5-18)16-25-28(26)24(36)17-30(38-25)14-3-15-30/h6-13,16,18,24,36H,1-5,14-15,17H2/t24-/m0/s1. The zero-order chi connectivity index (χ0) is 26.7. The van der Waals surface area contributed by atoms with Gasteiger partial charge >= 0.3 is 6.18 Å². The fourth-order valence-electron chi connectivity index (χ4n) is 6.39. The number of hydrogen-bond donors (Lipinski definition) is 1. The number of aliphatic hydroxyl groups excluding tert-OH is 1. The molecule has 1 heterocycles. The maximum Gasteiger partial charge on any atom is 0.416 e. The van der Waals surface area contributed by atoms with Gasteiger partial charge in [-0.3, -0.25) is 4.79 Å². The highest BCUT2D eigenvalue weighted by Crippen LogP contribution is 2.54. The molecule has 3 aliphatic rings. The van der Waals surface area contributed by atoms with Crippen LogP contribution in [0.25, 0.3) is 11.1 Å². The highest BCUT2D eigenvalue weighted by molar-refractivity contribution is 6.14. The van der Waals surface area contributed by atoms with E-state index in [1.807, 2.05) is 6.07 Å². The van der Waals surface area contributed by atoms with Gasteiger partial charge in [0, 0.05) is 28.7 Å². The van der Waals surface area contributed by atoms with Gasteiger partial charge in [-0.25, -0.2) is 4.39 Å². The number of alkyl halides is 3. The maximum atomic E-state index is 14.2. The number of ether oxygens (including phenoxy) is 1. The quantitative estimate of drug-likeness (QED) is 0.277. The predicted molar refractivity (Wildman–Crippen MR) is 135 cm³/mol. The van der Waals surface area contributed by atoms with Crippen molar-refractivity contribution in [3.63, 3.8) is 0 Å². The maximum absolute atomic E-state index is 14.2. The summed E-state index contributed by atoms with van der Waals surface area (Å²) in [5, 5.41) is 11.4. The Bertz CT molecular complexity index is 1370. The van der Waals surface area contributed by atoms with E-state index in [0.29, 0.717) is 34.4 Å². The minimum absolute atomic E-state index is 0.0768. The van der Waals surface area contributed by atoms with Crippen molar-refractivity contribution in [2.45, 2.75) is 75.2 Å². The lowest BCUT2D eigenvalue weighted by Crippen LogP contribution is -2.47. The van der Waals surface area contributed by atoms with Crippen LogP contribution >= 0.6 is 0 Å². The summed E-state index contributed by atoms with van der Waals surface area (Å²) in [6.07, 6.45) is 1.48. The third-order valence-corrected chi connectivity index (χ3v) is 8.48. The summed E-state index contributed by atoms with van der Waals surface area (Å²) in [4.78, 5) is 14.2. The molecule has 0 radical (unpaired) electrons. The summed E-state index contributed by atoms with van der Waals surface area (Å²) in [6, 6.07) is 11.9. The van der Waals surface area contributed by atoms with Gasteiger partial charge in [0.2, 0.25) is 0 Å². The smallest absolute Gasteiger partial charge is 0.416 e. The van der Waals surface area contributed by atoms with Gasteiger partial charge < -0.3 is 9.84 Å². The van der Waals surface area contributed by atoms with Crippen LogP contribution in [0.5, 0.6) is 5.75 Å². The molecule has 1 spiro atoms. The van der Waals surface area contributed by atoms with Crippen molar-refractivity contribution in [1.29, 1.82) is 0 Å². The highest BCUT2D eigenvalue weighted by Gasteiger charge is 2.47. The predicted octanol–water partition coefficient (Wildman–Crippen LogP) is 8.14. The lowest BCUT2D eigenvalue weighted by Gasteiger charge is -2.47. The van der Waals surface area contributed by atoms with Crippen molar-refractivity contribution in [3.8, 4) is 16.9 Å². The van der Waals surface area contributed by atoms with Crippen LogP contribution in [-0.4, -0.2) is 16.5 Å². The van der Waals surface area contributed by atoms with Gasteiger partial charge in [-0.15, -0.1) is 0 Å². The molecule has 0 aromatic heterocycles. The third-order valence-electron chi connectivity index (χ3n) is 8.48. The van der Waals surface area contributed by atoms with Crippen LogP contribution in [0.4, 0.5) is 17.6 Å². The zero-order valence-corrected chi connectivity index (χ0v) is 20.8. The first kappa shape index (κ1) is 25.1. The summed E-state index contributed by atoms with van der Waals surface area (Å²) >= 11 is 0. The van der Waals surface area contributed by atoms with Gasteiger partial charge in [0.05, 0.1) is 11.7 Å². The Morgan fingerprint density at radius 2 is 1.61 bits per heavy atom. The number of carbonyl (C=O) groups excluding carboxylic acids is 1. The number of hydrogen-bond acceptors (Lipinski definition) is 3. The van der Waals surface area contributed by atoms with E-state index in [4.69, 9.17) is 4.74 Å². The van der Waals surface area contributed by atoms with Gasteiger partial charge in [-0.05, 0) is 79.5 Å². The number of halogens is 4. The van der Waals surface area contributed by atoms with Crippen molar-refractivity contribution < 1.29 is 32.2 Å². The van der Waals surface area contributed by atoms with Crippen LogP contribution in [0.2, 0.25) is 0 Å². The molecule has 3 aromatic rings. The van der Waals surface area contributed by atoms with Crippen molar-refractivity contribution in [2.24, 2.45) is 0 Å². The van der Waals surface area contributed by atoms with E-state index in [2.05, 4.69) is 0 Å². The van der Waals surface area contributed by atoms with Crippen molar-refractivity contribution >= 4 is 5.78 Å². The van der Waals surface area contributed by atoms with Gasteiger partial charge in [0.25, 0.3) is 0 Å². The molecule has 6 rings (SSSR count). The Balaban J connectivity index is 1.59. The highest BCUT2D eigenvalue weighted by atomic mass is 19.4. The SMILES string of the molecule is O=C(c1ccc(C(F)(F)F)cc1)c1c(C2CCCC2)cc2c(c1-c1ccc(F)cc1)[C@@H](O)CC1(CCC1)O2. The molecular formula is C31H28F4O3. The average molecular weight is 525 g/mol. The van der Waals surface area contributed by atoms with Crippen molar-refractivity contribution in [1.82, 2.24) is 0 Å². The zero-order valence-electron chi connectivity index (χ0n) is 20.8. The van der Waals surface area contributed by atoms with Gasteiger partial charge in [-0.1, -0.05) is 37.1 Å². The molecule has 1 N–H and O–H groups in total. The van der Waals surface area contributed by atoms with Gasteiger partial charge in [-0.2, -0.15) is 13.2 Å². The molecule has 1 atom stereocenters. The first-order valence-electron chi connectivity index (χ1n) is 13.2. The Morgan fingerprint density at radius 1 is 0.947 bits per heavy atom. The summed E-state index contributed by atoms with van der Waals surface area (Å²) in [6.45, 7) is 0. The van der Waals surface area contributed by atoms with E-state index < -0.39 is 35.0 Å². The van der Waals surface area contributed by atoms with E-state index in [9.17, 15) is 27.5 Å². The van der Waals surface area contributed by atoms with E-state index in [0.717, 1.165) is 62.6 Å². The molecule has 0 saturated heterocycles. The van der Waals surface area contributed by atoms with Crippen LogP contribution < -0.4 is 4.74 Å². The molecule has 0 bridgehead atoms. The van der Waals surface area contributed by atoms with E-state index >= 15 is 0 Å². The van der Waals surface area contributed by atoms with Gasteiger partial charge in [0.1, 0.15) is 17.2 Å². The van der Waals surface area contributed by atoms with Crippen LogP contribution in [0, 0.1) is 5.82 Å². The van der Waals surface area contributed by atoms with Crippen LogP contribution in [0.3, 0.4) is 0 Å². The second-order valence-electron chi connectivity index (χ2n) is 10.9. The number of rotatable bonds is 4. The summed E-state index contributed by atoms with van der Waals surface area (Å²) in [5.74, 6) is -0.226. The molecule has 1 aliphatic heterocycles. The molecule has 198 valence electrons. The Labute approximate surface area is 218 Å². The largest absolute Gasteiger partial charge is 0.487 e. The second kappa shape index (κ2) is 9.23. The molecule has 7 heteroatoms. The minimum Gasteiger partial charge on any atom is -0.487 e. The van der Waals surface area contributed by atoms with Gasteiger partial charge in [0.15, 0.2) is 5.78 Å². The van der Waals surface area contributed by atoms with Crippen LogP contribution in [-0.2, 0) is 6.18 Å². The molecule has 2 saturated carbocycles. The van der Waals surface area contributed by atoms with Crippen LogP contribution in [0.1, 0.15) is 96.0 Å². The van der Waals surface area contributed by atoms with E-state index in [1.165, 1.54) is 24.3 Å². The average Bonchev–Trinajstić information content (AvgIpc) is 3.41. The molecular weight excluding hydrogens is 496 g/mol. The fraction of sp³-hybridized carbons (Fsp3) is 0.387. The second-order valence-corrected chi connectivity index (χ2v) is 10.9. The summed E-state index contributed by atoms with van der Waals surface area (Å²) in [7, 11) is 0.